The van der Waals surface area contributed by atoms with E-state index in [4.69, 9.17) is 0 Å². The van der Waals surface area contributed by atoms with Crippen LogP contribution in [0.15, 0.2) is 0 Å². The summed E-state index contributed by atoms with van der Waals surface area (Å²) in [5, 5.41) is 53.5. The van der Waals surface area contributed by atoms with Crippen molar-refractivity contribution in [2.24, 2.45) is 52.3 Å². The lowest BCUT2D eigenvalue weighted by Gasteiger charge is -2.62. The van der Waals surface area contributed by atoms with Crippen LogP contribution in [0.2, 0.25) is 0 Å². The molecule has 4 aliphatic carbocycles. The molecule has 0 aromatic heterocycles. The third kappa shape index (κ3) is 4.12. The minimum absolute atomic E-state index is 0.00840. The summed E-state index contributed by atoms with van der Waals surface area (Å²) in [7, 11) is 0. The molecule has 5 nitrogen and oxygen atoms in total. The van der Waals surface area contributed by atoms with E-state index in [1.807, 2.05) is 13.8 Å². The van der Waals surface area contributed by atoms with Gasteiger partial charge in [0.1, 0.15) is 0 Å². The van der Waals surface area contributed by atoms with Gasteiger partial charge in [0.25, 0.3) is 0 Å². The maximum Gasteiger partial charge on any atom is 0.0900 e. The lowest BCUT2D eigenvalue weighted by molar-refractivity contribution is -0.181. The van der Waals surface area contributed by atoms with Crippen molar-refractivity contribution in [3.05, 3.63) is 0 Å². The van der Waals surface area contributed by atoms with E-state index in [1.165, 1.54) is 0 Å². The van der Waals surface area contributed by atoms with Crippen molar-refractivity contribution < 1.29 is 25.5 Å². The van der Waals surface area contributed by atoms with Gasteiger partial charge in [0.2, 0.25) is 0 Å². The van der Waals surface area contributed by atoms with E-state index in [9.17, 15) is 25.5 Å². The van der Waals surface area contributed by atoms with Crippen molar-refractivity contribution in [3.8, 4) is 0 Å². The van der Waals surface area contributed by atoms with E-state index >= 15 is 0 Å². The molecule has 192 valence electrons. The second-order valence-corrected chi connectivity index (χ2v) is 13.5. The molecule has 4 saturated carbocycles. The highest BCUT2D eigenvalue weighted by Crippen LogP contribution is 2.68. The molecule has 0 aliphatic heterocycles. The summed E-state index contributed by atoms with van der Waals surface area (Å²) in [6, 6.07) is 0. The third-order valence-corrected chi connectivity index (χ3v) is 11.8. The number of aliphatic hydroxyl groups excluding tert-OH is 4. The summed E-state index contributed by atoms with van der Waals surface area (Å²) >= 11 is 0. The molecule has 0 heterocycles. The molecule has 4 fully saturated rings. The first kappa shape index (κ1) is 25.9. The highest BCUT2D eigenvalue weighted by molar-refractivity contribution is 5.13. The zero-order chi connectivity index (χ0) is 24.3. The van der Waals surface area contributed by atoms with Gasteiger partial charge in [0.05, 0.1) is 30.5 Å². The molecule has 0 amide bonds. The Labute approximate surface area is 201 Å². The Kier molecular flexibility index (Phi) is 7.08. The molecule has 0 saturated heterocycles. The lowest BCUT2D eigenvalue weighted by atomic mass is 9.43. The van der Waals surface area contributed by atoms with Crippen LogP contribution in [0.25, 0.3) is 0 Å². The molecule has 5 heteroatoms. The zero-order valence-electron chi connectivity index (χ0n) is 21.6. The Morgan fingerprint density at radius 3 is 2.18 bits per heavy atom. The van der Waals surface area contributed by atoms with Crippen molar-refractivity contribution in [2.45, 2.75) is 116 Å². The van der Waals surface area contributed by atoms with Gasteiger partial charge in [-0.3, -0.25) is 0 Å². The van der Waals surface area contributed by atoms with Crippen LogP contribution in [-0.4, -0.2) is 56.1 Å². The average molecular weight is 467 g/mol. The zero-order valence-corrected chi connectivity index (χ0v) is 21.6. The standard InChI is InChI=1S/C28H50O5/c1-16(2)28(33,15-29)11-6-17(3)21-14-24(32)25-19-13-23(31)22-12-18(30)7-9-26(22,4)20(19)8-10-27(21,25)5/h16-25,29-33H,6-15H2,1-5H3/t17-,18+,19?,20?,21?,22?,23+,24-,25?,26-,27-,28-/m1/s1. The topological polar surface area (TPSA) is 101 Å². The average Bonchev–Trinajstić information content (AvgIpc) is 3.03. The Morgan fingerprint density at radius 2 is 1.55 bits per heavy atom. The van der Waals surface area contributed by atoms with E-state index in [2.05, 4.69) is 20.8 Å². The predicted molar refractivity (Wildman–Crippen MR) is 129 cm³/mol. The summed E-state index contributed by atoms with van der Waals surface area (Å²) in [5.41, 5.74) is -0.931. The molecule has 0 aromatic carbocycles. The first-order valence-corrected chi connectivity index (χ1v) is 13.7. The van der Waals surface area contributed by atoms with Crippen LogP contribution in [0, 0.1) is 52.3 Å². The lowest BCUT2D eigenvalue weighted by Crippen LogP contribution is -2.59. The van der Waals surface area contributed by atoms with E-state index in [-0.39, 0.29) is 53.5 Å². The largest absolute Gasteiger partial charge is 0.393 e. The van der Waals surface area contributed by atoms with E-state index in [0.29, 0.717) is 36.5 Å². The minimum atomic E-state index is -1.04. The molecule has 0 aromatic rings. The van der Waals surface area contributed by atoms with Gasteiger partial charge in [-0.2, -0.15) is 0 Å². The third-order valence-electron chi connectivity index (χ3n) is 11.8. The highest BCUT2D eigenvalue weighted by Gasteiger charge is 2.64. The SMILES string of the molecule is CC(C)[C@](O)(CO)CC[C@@H](C)C1C[C@@H](O)C2C3C[C@H](O)C4C[C@@H](O)CC[C@]4(C)C3CC[C@]12C. The van der Waals surface area contributed by atoms with Crippen molar-refractivity contribution in [1.29, 1.82) is 0 Å². The van der Waals surface area contributed by atoms with Crippen molar-refractivity contribution in [1.82, 2.24) is 0 Å². The normalized spacial score (nSPS) is 50.3. The molecule has 4 aliphatic rings. The first-order valence-electron chi connectivity index (χ1n) is 13.7. The molecule has 4 rings (SSSR count). The summed E-state index contributed by atoms with van der Waals surface area (Å²) in [4.78, 5) is 0. The van der Waals surface area contributed by atoms with Crippen LogP contribution < -0.4 is 0 Å². The number of rotatable bonds is 6. The fraction of sp³-hybridized carbons (Fsp3) is 1.00. The molecule has 5 N–H and O–H groups in total. The Balaban J connectivity index is 1.53. The van der Waals surface area contributed by atoms with Gasteiger partial charge < -0.3 is 25.5 Å². The van der Waals surface area contributed by atoms with Gasteiger partial charge in [0.15, 0.2) is 0 Å². The highest BCUT2D eigenvalue weighted by atomic mass is 16.3. The molecule has 0 radical (unpaired) electrons. The van der Waals surface area contributed by atoms with Crippen molar-refractivity contribution >= 4 is 0 Å². The predicted octanol–water partition coefficient (Wildman–Crippen LogP) is 3.74. The molecule has 0 bridgehead atoms. The number of hydrogen-bond donors (Lipinski definition) is 5. The van der Waals surface area contributed by atoms with Crippen LogP contribution in [0.5, 0.6) is 0 Å². The molecular weight excluding hydrogens is 416 g/mol. The smallest absolute Gasteiger partial charge is 0.0900 e. The quantitative estimate of drug-likeness (QED) is 0.410. The Hall–Kier alpha value is -0.200. The molecule has 33 heavy (non-hydrogen) atoms. The Morgan fingerprint density at radius 1 is 0.879 bits per heavy atom. The fourth-order valence-electron chi connectivity index (χ4n) is 9.50. The molecule has 5 unspecified atom stereocenters. The second kappa shape index (κ2) is 9.03. The van der Waals surface area contributed by atoms with Gasteiger partial charge in [-0.1, -0.05) is 34.6 Å². The van der Waals surface area contributed by atoms with E-state index < -0.39 is 5.60 Å². The van der Waals surface area contributed by atoms with Crippen LogP contribution in [0.4, 0.5) is 0 Å². The number of fused-ring (bicyclic) bond motifs is 5. The second-order valence-electron chi connectivity index (χ2n) is 13.5. The van der Waals surface area contributed by atoms with Gasteiger partial charge in [0, 0.05) is 0 Å². The van der Waals surface area contributed by atoms with Gasteiger partial charge >= 0.3 is 0 Å². The molecular formula is C28H50O5. The van der Waals surface area contributed by atoms with Crippen LogP contribution in [0.3, 0.4) is 0 Å². The summed E-state index contributed by atoms with van der Waals surface area (Å²) in [6.07, 6.45) is 6.78. The van der Waals surface area contributed by atoms with Crippen LogP contribution in [-0.2, 0) is 0 Å². The number of aliphatic hydroxyl groups is 5. The summed E-state index contributed by atoms with van der Waals surface area (Å²) in [5.74, 6) is 2.01. The van der Waals surface area contributed by atoms with Crippen molar-refractivity contribution in [3.63, 3.8) is 0 Å². The Bertz CT molecular complexity index is 698. The van der Waals surface area contributed by atoms with Gasteiger partial charge in [-0.25, -0.2) is 0 Å². The summed E-state index contributed by atoms with van der Waals surface area (Å²) in [6.45, 7) is 10.7. The van der Waals surface area contributed by atoms with Crippen molar-refractivity contribution in [2.75, 3.05) is 6.61 Å². The van der Waals surface area contributed by atoms with Crippen LogP contribution >= 0.6 is 0 Å². The maximum atomic E-state index is 11.4. The van der Waals surface area contributed by atoms with E-state index in [1.54, 1.807) is 0 Å². The maximum absolute atomic E-state index is 11.4. The number of hydrogen-bond acceptors (Lipinski definition) is 5. The first-order chi connectivity index (χ1) is 15.4. The fourth-order valence-corrected chi connectivity index (χ4v) is 9.50. The van der Waals surface area contributed by atoms with Gasteiger partial charge in [-0.05, 0) is 110 Å². The minimum Gasteiger partial charge on any atom is -0.393 e. The van der Waals surface area contributed by atoms with Gasteiger partial charge in [-0.15, -0.1) is 0 Å². The summed E-state index contributed by atoms with van der Waals surface area (Å²) < 4.78 is 0. The monoisotopic (exact) mass is 466 g/mol. The molecule has 12 atom stereocenters. The van der Waals surface area contributed by atoms with E-state index in [0.717, 1.165) is 44.9 Å². The van der Waals surface area contributed by atoms with Crippen LogP contribution in [0.1, 0.15) is 92.4 Å². The molecule has 0 spiro atoms.